The zero-order chi connectivity index (χ0) is 23.0. The monoisotopic (exact) mass is 430 g/mol. The van der Waals surface area contributed by atoms with Gasteiger partial charge in [0.05, 0.1) is 13.2 Å². The van der Waals surface area contributed by atoms with Gasteiger partial charge in [0.2, 0.25) is 11.8 Å². The number of nitrogens with zero attached hydrogens (tertiary/aromatic N) is 2. The molecule has 0 spiro atoms. The molecule has 1 aromatic heterocycles. The number of aryl methyl sites for hydroxylation is 4. The van der Waals surface area contributed by atoms with Crippen molar-refractivity contribution in [1.29, 1.82) is 10.7 Å². The summed E-state index contributed by atoms with van der Waals surface area (Å²) in [6, 6.07) is 12.2. The van der Waals surface area contributed by atoms with Crippen LogP contribution >= 0.6 is 0 Å². The van der Waals surface area contributed by atoms with Crippen LogP contribution in [0.4, 0.5) is 0 Å². The minimum absolute atomic E-state index is 0.110. The van der Waals surface area contributed by atoms with Crippen LogP contribution in [0.3, 0.4) is 0 Å². The molecule has 4 rings (SSSR count). The molecule has 7 nitrogen and oxygen atoms in total. The quantitative estimate of drug-likeness (QED) is 0.601. The van der Waals surface area contributed by atoms with E-state index in [0.717, 1.165) is 22.4 Å². The lowest BCUT2D eigenvalue weighted by Gasteiger charge is -2.28. The first-order valence-electron chi connectivity index (χ1n) is 10.4. The molecular formula is C25H26N4O3. The second kappa shape index (κ2) is 8.39. The fourth-order valence-corrected chi connectivity index (χ4v) is 4.42. The van der Waals surface area contributed by atoms with Crippen molar-refractivity contribution in [1.82, 2.24) is 10.2 Å². The third kappa shape index (κ3) is 3.69. The maximum absolute atomic E-state index is 9.75. The molecule has 0 fully saturated rings. The molecule has 0 saturated carbocycles. The highest BCUT2D eigenvalue weighted by Crippen LogP contribution is 2.44. The minimum atomic E-state index is -0.756. The number of benzene rings is 2. The summed E-state index contributed by atoms with van der Waals surface area (Å²) in [7, 11) is 1.59. The van der Waals surface area contributed by atoms with Crippen molar-refractivity contribution < 1.29 is 14.2 Å². The number of ether oxygens (including phenoxy) is 3. The molecule has 2 aromatic carbocycles. The Kier molecular flexibility index (Phi) is 5.62. The molecule has 2 N–H and O–H groups in total. The van der Waals surface area contributed by atoms with Gasteiger partial charge in [0.1, 0.15) is 12.5 Å². The summed E-state index contributed by atoms with van der Waals surface area (Å²) in [5.41, 5.74) is 7.20. The Morgan fingerprint density at radius 3 is 2.50 bits per heavy atom. The van der Waals surface area contributed by atoms with Gasteiger partial charge in [-0.2, -0.15) is 5.26 Å². The largest absolute Gasteiger partial charge is 0.493 e. The van der Waals surface area contributed by atoms with E-state index in [0.29, 0.717) is 24.0 Å². The molecule has 2 unspecified atom stereocenters. The Balaban J connectivity index is 1.68. The Labute approximate surface area is 187 Å². The van der Waals surface area contributed by atoms with Crippen LogP contribution in [0, 0.1) is 50.4 Å². The van der Waals surface area contributed by atoms with Crippen LogP contribution in [0.5, 0.6) is 17.4 Å². The Morgan fingerprint density at radius 1 is 1.12 bits per heavy atom. The van der Waals surface area contributed by atoms with Crippen molar-refractivity contribution in [3.63, 3.8) is 0 Å². The Hall–Kier alpha value is -3.79. The molecule has 32 heavy (non-hydrogen) atoms. The number of H-pyrrole nitrogens is 1. The van der Waals surface area contributed by atoms with Crippen LogP contribution in [0.25, 0.3) is 0 Å². The molecule has 0 saturated heterocycles. The maximum atomic E-state index is 9.75. The molecule has 0 radical (unpaired) electrons. The molecular weight excluding hydrogens is 404 g/mol. The van der Waals surface area contributed by atoms with E-state index in [1.165, 1.54) is 16.7 Å². The maximum Gasteiger partial charge on any atom is 0.243 e. The van der Waals surface area contributed by atoms with Crippen LogP contribution < -0.4 is 14.2 Å². The van der Waals surface area contributed by atoms with E-state index in [1.54, 1.807) is 7.11 Å². The second-order valence-corrected chi connectivity index (χ2v) is 8.19. The SMILES string of the molecule is COc1cc(C2c3c(n[nH]c3C)OC(=N)C2C#N)ccc1OCc1c(C)cc(C)cc1C. The third-order valence-corrected chi connectivity index (χ3v) is 5.99. The Morgan fingerprint density at radius 2 is 1.84 bits per heavy atom. The average molecular weight is 431 g/mol. The number of hydrogen-bond acceptors (Lipinski definition) is 6. The van der Waals surface area contributed by atoms with Gasteiger partial charge in [-0.05, 0) is 62.1 Å². The van der Waals surface area contributed by atoms with E-state index in [1.807, 2.05) is 25.1 Å². The first kappa shape index (κ1) is 21.4. The van der Waals surface area contributed by atoms with Gasteiger partial charge in [-0.3, -0.25) is 10.5 Å². The summed E-state index contributed by atoms with van der Waals surface area (Å²) in [4.78, 5) is 0. The first-order valence-corrected chi connectivity index (χ1v) is 10.4. The van der Waals surface area contributed by atoms with Gasteiger partial charge in [-0.1, -0.05) is 23.8 Å². The molecule has 164 valence electrons. The molecule has 2 heterocycles. The van der Waals surface area contributed by atoms with E-state index in [4.69, 9.17) is 19.6 Å². The highest BCUT2D eigenvalue weighted by atomic mass is 16.5. The number of hydrogen-bond donors (Lipinski definition) is 2. The summed E-state index contributed by atoms with van der Waals surface area (Å²) in [6.07, 6.45) is 0. The highest BCUT2D eigenvalue weighted by Gasteiger charge is 2.40. The third-order valence-electron chi connectivity index (χ3n) is 5.99. The number of aromatic nitrogens is 2. The molecule has 2 atom stereocenters. The van der Waals surface area contributed by atoms with E-state index in [-0.39, 0.29) is 11.8 Å². The normalized spacial score (nSPS) is 17.3. The van der Waals surface area contributed by atoms with Crippen LogP contribution in [0.15, 0.2) is 30.3 Å². The number of nitrogens with one attached hydrogen (secondary N) is 2. The van der Waals surface area contributed by atoms with Crippen molar-refractivity contribution in [2.75, 3.05) is 7.11 Å². The summed E-state index contributed by atoms with van der Waals surface area (Å²) in [5.74, 6) is 0.278. The van der Waals surface area contributed by atoms with E-state index in [9.17, 15) is 5.26 Å². The van der Waals surface area contributed by atoms with Crippen molar-refractivity contribution in [3.8, 4) is 23.4 Å². The van der Waals surface area contributed by atoms with Crippen molar-refractivity contribution in [3.05, 3.63) is 69.4 Å². The average Bonchev–Trinajstić information content (AvgIpc) is 3.12. The molecule has 3 aromatic rings. The number of rotatable bonds is 5. The minimum Gasteiger partial charge on any atom is -0.493 e. The Bertz CT molecular complexity index is 1220. The zero-order valence-corrected chi connectivity index (χ0v) is 18.9. The number of fused-ring (bicyclic) bond motifs is 1. The van der Waals surface area contributed by atoms with Crippen LogP contribution in [-0.4, -0.2) is 23.2 Å². The van der Waals surface area contributed by atoms with Gasteiger partial charge >= 0.3 is 0 Å². The lowest BCUT2D eigenvalue weighted by Crippen LogP contribution is -2.31. The number of aromatic amines is 1. The standard InChI is InChI=1S/C25H26N4O3/c1-13-8-14(2)19(15(3)9-13)12-31-20-7-6-17(10-21(20)30-5)23-18(11-26)24(27)32-25-22(23)16(4)28-29-25/h6-10,18,23,27H,12H2,1-5H3,(H,28,29). The van der Waals surface area contributed by atoms with Gasteiger partial charge in [0.25, 0.3) is 0 Å². The number of nitriles is 1. The van der Waals surface area contributed by atoms with Gasteiger partial charge in [-0.15, -0.1) is 5.10 Å². The highest BCUT2D eigenvalue weighted by molar-refractivity contribution is 5.84. The van der Waals surface area contributed by atoms with Gasteiger partial charge < -0.3 is 14.2 Å². The fraction of sp³-hybridized carbons (Fsp3) is 0.320. The fourth-order valence-electron chi connectivity index (χ4n) is 4.42. The molecule has 1 aliphatic heterocycles. The van der Waals surface area contributed by atoms with Crippen molar-refractivity contribution in [2.24, 2.45) is 5.92 Å². The van der Waals surface area contributed by atoms with Crippen molar-refractivity contribution in [2.45, 2.75) is 40.2 Å². The van der Waals surface area contributed by atoms with Gasteiger partial charge in [-0.25, -0.2) is 0 Å². The smallest absolute Gasteiger partial charge is 0.243 e. The molecule has 0 aliphatic carbocycles. The van der Waals surface area contributed by atoms with Crippen LogP contribution in [-0.2, 0) is 6.61 Å². The zero-order valence-electron chi connectivity index (χ0n) is 18.9. The van der Waals surface area contributed by atoms with Crippen LogP contribution in [0.1, 0.15) is 45.0 Å². The lowest BCUT2D eigenvalue weighted by molar-refractivity contribution is 0.283. The second-order valence-electron chi connectivity index (χ2n) is 8.19. The first-order chi connectivity index (χ1) is 15.3. The summed E-state index contributed by atoms with van der Waals surface area (Å²) in [5, 5.41) is 25.0. The molecule has 0 bridgehead atoms. The summed E-state index contributed by atoms with van der Waals surface area (Å²) in [6.45, 7) is 8.58. The topological polar surface area (TPSA) is 104 Å². The predicted octanol–water partition coefficient (Wildman–Crippen LogP) is 4.87. The van der Waals surface area contributed by atoms with E-state index in [2.05, 4.69) is 49.2 Å². The lowest BCUT2D eigenvalue weighted by atomic mass is 9.79. The van der Waals surface area contributed by atoms with Gasteiger partial charge in [0.15, 0.2) is 11.5 Å². The molecule has 7 heteroatoms. The van der Waals surface area contributed by atoms with Crippen molar-refractivity contribution >= 4 is 5.90 Å². The van der Waals surface area contributed by atoms with E-state index >= 15 is 0 Å². The van der Waals surface area contributed by atoms with Gasteiger partial charge in [0, 0.05) is 17.2 Å². The molecule has 1 aliphatic rings. The number of methoxy groups -OCH3 is 1. The summed E-state index contributed by atoms with van der Waals surface area (Å²) >= 11 is 0. The molecule has 0 amide bonds. The van der Waals surface area contributed by atoms with E-state index < -0.39 is 5.92 Å². The summed E-state index contributed by atoms with van der Waals surface area (Å²) < 4.78 is 17.2. The predicted molar refractivity (Wildman–Crippen MR) is 121 cm³/mol. The van der Waals surface area contributed by atoms with Crippen LogP contribution in [0.2, 0.25) is 0 Å².